The number of nitrogens with zero attached hydrogens (tertiary/aromatic N) is 1. The zero-order chi connectivity index (χ0) is 16.1. The highest BCUT2D eigenvalue weighted by atomic mass is 35.5. The number of amides is 2. The van der Waals surface area contributed by atoms with E-state index < -0.39 is 0 Å². The van der Waals surface area contributed by atoms with E-state index in [2.05, 4.69) is 5.32 Å². The Balaban J connectivity index is 1.89. The van der Waals surface area contributed by atoms with Gasteiger partial charge in [0.2, 0.25) is 11.8 Å². The van der Waals surface area contributed by atoms with E-state index in [0.29, 0.717) is 24.7 Å². The van der Waals surface area contributed by atoms with Crippen molar-refractivity contribution in [3.63, 3.8) is 0 Å². The maximum absolute atomic E-state index is 12.2. The summed E-state index contributed by atoms with van der Waals surface area (Å²) in [5.41, 5.74) is 0.867. The van der Waals surface area contributed by atoms with Gasteiger partial charge in [0.1, 0.15) is 0 Å². The Labute approximate surface area is 135 Å². The highest BCUT2D eigenvalue weighted by molar-refractivity contribution is 6.31. The predicted molar refractivity (Wildman–Crippen MR) is 84.5 cm³/mol. The Kier molecular flexibility index (Phi) is 5.80. The van der Waals surface area contributed by atoms with Crippen molar-refractivity contribution in [1.29, 1.82) is 0 Å². The molecule has 5 nitrogen and oxygen atoms in total. The molecule has 1 aromatic rings. The fraction of sp³-hybridized carbons (Fsp3) is 0.500. The number of carbonyl (C=O) groups is 2. The van der Waals surface area contributed by atoms with E-state index in [0.717, 1.165) is 5.56 Å². The molecule has 1 aromatic carbocycles. The van der Waals surface area contributed by atoms with Crippen LogP contribution in [0.15, 0.2) is 24.3 Å². The third-order valence-corrected chi connectivity index (χ3v) is 4.25. The number of hydrogen-bond donors (Lipinski definition) is 1. The lowest BCUT2D eigenvalue weighted by molar-refractivity contribution is -0.130. The van der Waals surface area contributed by atoms with E-state index in [-0.39, 0.29) is 30.2 Å². The molecule has 6 heteroatoms. The summed E-state index contributed by atoms with van der Waals surface area (Å²) in [6, 6.07) is 7.36. The number of ether oxygens (including phenoxy) is 1. The Morgan fingerprint density at radius 2 is 2.23 bits per heavy atom. The summed E-state index contributed by atoms with van der Waals surface area (Å²) in [5.74, 6) is -0.419. The molecule has 2 amide bonds. The van der Waals surface area contributed by atoms with Crippen LogP contribution in [0, 0.1) is 5.92 Å². The third-order valence-electron chi connectivity index (χ3n) is 3.88. The minimum Gasteiger partial charge on any atom is -0.383 e. The first-order valence-electron chi connectivity index (χ1n) is 7.32. The van der Waals surface area contributed by atoms with E-state index >= 15 is 0 Å². The number of carbonyl (C=O) groups excluding carboxylic acids is 2. The van der Waals surface area contributed by atoms with Crippen LogP contribution in [0.3, 0.4) is 0 Å². The van der Waals surface area contributed by atoms with Gasteiger partial charge in [-0.3, -0.25) is 9.59 Å². The number of rotatable bonds is 6. The first-order chi connectivity index (χ1) is 10.5. The van der Waals surface area contributed by atoms with Crippen LogP contribution in [-0.2, 0) is 20.9 Å². The standard InChI is InChI=1S/C16H21ClN2O3/c1-11(10-22-2)19-9-13(7-15(19)20)16(21)18-8-12-5-3-4-6-14(12)17/h3-6,11,13H,7-10H2,1-2H3,(H,18,21)/t11-,13+/m0/s1. The SMILES string of the molecule is COC[C@H](C)N1C[C@H](C(=O)NCc2ccccc2Cl)CC1=O. The van der Waals surface area contributed by atoms with Crippen molar-refractivity contribution in [3.8, 4) is 0 Å². The monoisotopic (exact) mass is 324 g/mol. The molecule has 2 rings (SSSR count). The minimum absolute atomic E-state index is 0.00226. The van der Waals surface area contributed by atoms with Crippen molar-refractivity contribution in [3.05, 3.63) is 34.9 Å². The van der Waals surface area contributed by atoms with Gasteiger partial charge in [-0.05, 0) is 18.6 Å². The second-order valence-electron chi connectivity index (χ2n) is 5.56. The van der Waals surface area contributed by atoms with E-state index in [1.54, 1.807) is 18.1 Å². The van der Waals surface area contributed by atoms with Crippen molar-refractivity contribution >= 4 is 23.4 Å². The van der Waals surface area contributed by atoms with Crippen molar-refractivity contribution in [2.45, 2.75) is 25.9 Å². The molecule has 0 radical (unpaired) electrons. The Bertz CT molecular complexity index is 550. The molecule has 1 heterocycles. The van der Waals surface area contributed by atoms with Crippen LogP contribution in [-0.4, -0.2) is 43.0 Å². The second kappa shape index (κ2) is 7.61. The molecule has 0 bridgehead atoms. The highest BCUT2D eigenvalue weighted by Crippen LogP contribution is 2.21. The highest BCUT2D eigenvalue weighted by Gasteiger charge is 2.36. The Morgan fingerprint density at radius 3 is 2.91 bits per heavy atom. The molecule has 0 saturated carbocycles. The van der Waals surface area contributed by atoms with Crippen LogP contribution in [0.25, 0.3) is 0 Å². The molecule has 1 aliphatic heterocycles. The lowest BCUT2D eigenvalue weighted by Crippen LogP contribution is -2.38. The van der Waals surface area contributed by atoms with Crippen LogP contribution < -0.4 is 5.32 Å². The molecular formula is C16H21ClN2O3. The van der Waals surface area contributed by atoms with Crippen LogP contribution >= 0.6 is 11.6 Å². The largest absolute Gasteiger partial charge is 0.383 e. The number of halogens is 1. The molecule has 120 valence electrons. The first-order valence-corrected chi connectivity index (χ1v) is 7.70. The summed E-state index contributed by atoms with van der Waals surface area (Å²) in [6.45, 7) is 3.21. The lowest BCUT2D eigenvalue weighted by Gasteiger charge is -2.23. The summed E-state index contributed by atoms with van der Waals surface area (Å²) >= 11 is 6.06. The van der Waals surface area contributed by atoms with E-state index in [9.17, 15) is 9.59 Å². The summed E-state index contributed by atoms with van der Waals surface area (Å²) < 4.78 is 5.07. The summed E-state index contributed by atoms with van der Waals surface area (Å²) in [6.07, 6.45) is 0.252. The maximum atomic E-state index is 12.2. The summed E-state index contributed by atoms with van der Waals surface area (Å²) in [5, 5.41) is 3.49. The zero-order valence-corrected chi connectivity index (χ0v) is 13.6. The number of methoxy groups -OCH3 is 1. The van der Waals surface area contributed by atoms with Crippen LogP contribution in [0.4, 0.5) is 0 Å². The zero-order valence-electron chi connectivity index (χ0n) is 12.8. The molecule has 0 aromatic heterocycles. The molecule has 0 aliphatic carbocycles. The normalized spacial score (nSPS) is 19.3. The minimum atomic E-state index is -0.311. The van der Waals surface area contributed by atoms with Gasteiger partial charge in [-0.1, -0.05) is 29.8 Å². The van der Waals surface area contributed by atoms with Crippen LogP contribution in [0.1, 0.15) is 18.9 Å². The molecular weight excluding hydrogens is 304 g/mol. The van der Waals surface area contributed by atoms with E-state index in [1.807, 2.05) is 25.1 Å². The number of likely N-dealkylation sites (tertiary alicyclic amines) is 1. The second-order valence-corrected chi connectivity index (χ2v) is 5.97. The Hall–Kier alpha value is -1.59. The van der Waals surface area contributed by atoms with Gasteiger partial charge in [-0.25, -0.2) is 0 Å². The fourth-order valence-electron chi connectivity index (χ4n) is 2.63. The van der Waals surface area contributed by atoms with Gasteiger partial charge in [0.25, 0.3) is 0 Å². The van der Waals surface area contributed by atoms with Gasteiger partial charge in [-0.15, -0.1) is 0 Å². The van der Waals surface area contributed by atoms with Crippen LogP contribution in [0.5, 0.6) is 0 Å². The van der Waals surface area contributed by atoms with Crippen LogP contribution in [0.2, 0.25) is 5.02 Å². The fourth-order valence-corrected chi connectivity index (χ4v) is 2.84. The molecule has 1 N–H and O–H groups in total. The Morgan fingerprint density at radius 1 is 1.50 bits per heavy atom. The summed E-state index contributed by atoms with van der Waals surface area (Å²) in [4.78, 5) is 26.0. The molecule has 1 fully saturated rings. The van der Waals surface area contributed by atoms with Gasteiger partial charge in [0.05, 0.1) is 18.6 Å². The topological polar surface area (TPSA) is 58.6 Å². The smallest absolute Gasteiger partial charge is 0.225 e. The molecule has 22 heavy (non-hydrogen) atoms. The lowest BCUT2D eigenvalue weighted by atomic mass is 10.1. The molecule has 1 aliphatic rings. The molecule has 2 atom stereocenters. The quantitative estimate of drug-likeness (QED) is 0.868. The van der Waals surface area contributed by atoms with E-state index in [1.165, 1.54) is 0 Å². The van der Waals surface area contributed by atoms with Gasteiger partial charge in [0, 0.05) is 31.6 Å². The first kappa shape index (κ1) is 16.8. The number of hydrogen-bond acceptors (Lipinski definition) is 3. The van der Waals surface area contributed by atoms with Gasteiger partial charge in [0.15, 0.2) is 0 Å². The maximum Gasteiger partial charge on any atom is 0.225 e. The van der Waals surface area contributed by atoms with Gasteiger partial charge in [-0.2, -0.15) is 0 Å². The van der Waals surface area contributed by atoms with Gasteiger partial charge >= 0.3 is 0 Å². The number of benzene rings is 1. The summed E-state index contributed by atoms with van der Waals surface area (Å²) in [7, 11) is 1.60. The molecule has 0 unspecified atom stereocenters. The van der Waals surface area contributed by atoms with Crippen molar-refractivity contribution in [2.24, 2.45) is 5.92 Å². The molecule has 1 saturated heterocycles. The van der Waals surface area contributed by atoms with Gasteiger partial charge < -0.3 is 15.0 Å². The average Bonchev–Trinajstić information content (AvgIpc) is 2.88. The third kappa shape index (κ3) is 3.99. The average molecular weight is 325 g/mol. The predicted octanol–water partition coefficient (Wildman–Crippen LogP) is 1.84. The van der Waals surface area contributed by atoms with Crippen molar-refractivity contribution in [1.82, 2.24) is 10.2 Å². The van der Waals surface area contributed by atoms with E-state index in [4.69, 9.17) is 16.3 Å². The van der Waals surface area contributed by atoms with Crippen molar-refractivity contribution < 1.29 is 14.3 Å². The molecule has 0 spiro atoms. The number of nitrogens with one attached hydrogen (secondary N) is 1. The van der Waals surface area contributed by atoms with Crippen molar-refractivity contribution in [2.75, 3.05) is 20.3 Å².